The zero-order valence-corrected chi connectivity index (χ0v) is 17.8. The SMILES string of the molecule is CNSNc1cccc(Cc2c(C)c3ccc(OC(=N)SC=N)cc3oc2=O)c1F. The quantitative estimate of drug-likeness (QED) is 0.180. The normalized spacial score (nSPS) is 10.8. The second kappa shape index (κ2) is 9.79. The summed E-state index contributed by atoms with van der Waals surface area (Å²) in [5, 5.41) is 15.1. The molecule has 10 heteroatoms. The first-order valence-electron chi connectivity index (χ1n) is 8.79. The zero-order chi connectivity index (χ0) is 21.7. The van der Waals surface area contributed by atoms with Gasteiger partial charge in [-0.05, 0) is 55.1 Å². The number of ether oxygens (including phenoxy) is 1. The maximum absolute atomic E-state index is 14.8. The Kier molecular flexibility index (Phi) is 7.14. The van der Waals surface area contributed by atoms with E-state index in [1.54, 1.807) is 44.3 Å². The minimum atomic E-state index is -0.552. The summed E-state index contributed by atoms with van der Waals surface area (Å²) < 4.78 is 31.2. The van der Waals surface area contributed by atoms with E-state index >= 15 is 0 Å². The molecule has 0 aliphatic rings. The van der Waals surface area contributed by atoms with Crippen molar-refractivity contribution in [2.45, 2.75) is 13.3 Å². The van der Waals surface area contributed by atoms with Crippen LogP contribution in [0.5, 0.6) is 5.75 Å². The number of hydrogen-bond donors (Lipinski definition) is 4. The van der Waals surface area contributed by atoms with Crippen LogP contribution < -0.4 is 19.8 Å². The van der Waals surface area contributed by atoms with Gasteiger partial charge in [0.15, 0.2) is 5.82 Å². The number of rotatable bonds is 7. The summed E-state index contributed by atoms with van der Waals surface area (Å²) in [5.74, 6) is -0.103. The molecule has 0 unspecified atom stereocenters. The molecule has 4 N–H and O–H groups in total. The highest BCUT2D eigenvalue weighted by molar-refractivity contribution is 8.24. The summed E-state index contributed by atoms with van der Waals surface area (Å²) in [6, 6.07) is 9.88. The second-order valence-electron chi connectivity index (χ2n) is 6.14. The average Bonchev–Trinajstić information content (AvgIpc) is 2.71. The molecule has 1 aromatic heterocycles. The Bertz CT molecular complexity index is 1170. The van der Waals surface area contributed by atoms with Crippen molar-refractivity contribution in [3.63, 3.8) is 0 Å². The fourth-order valence-electron chi connectivity index (χ4n) is 2.92. The monoisotopic (exact) mass is 446 g/mol. The molecule has 0 aliphatic heterocycles. The molecular formula is C20H19FN4O3S2. The predicted molar refractivity (Wildman–Crippen MR) is 121 cm³/mol. The highest BCUT2D eigenvalue weighted by atomic mass is 32.2. The average molecular weight is 447 g/mol. The summed E-state index contributed by atoms with van der Waals surface area (Å²) in [4.78, 5) is 12.6. The standard InChI is InChI=1S/C20H19FN4O3S2/c1-11-14-7-6-13(27-20(23)29-10-22)9-17(14)28-19(26)15(11)8-12-4-3-5-16(18(12)21)25-30-24-2/h3-7,9-10,22-25H,8H2,1-2H3. The van der Waals surface area contributed by atoms with Crippen LogP contribution in [0.3, 0.4) is 0 Å². The molecule has 0 saturated heterocycles. The lowest BCUT2D eigenvalue weighted by Crippen LogP contribution is -2.12. The molecule has 0 bridgehead atoms. The molecular weight excluding hydrogens is 427 g/mol. The van der Waals surface area contributed by atoms with Gasteiger partial charge >= 0.3 is 5.63 Å². The lowest BCUT2D eigenvalue weighted by molar-refractivity contribution is 0.538. The van der Waals surface area contributed by atoms with Gasteiger partial charge in [-0.15, -0.1) is 0 Å². The third-order valence-corrected chi connectivity index (χ3v) is 5.29. The summed E-state index contributed by atoms with van der Waals surface area (Å²) >= 11 is 1.96. The van der Waals surface area contributed by atoms with Crippen molar-refractivity contribution < 1.29 is 13.5 Å². The van der Waals surface area contributed by atoms with Gasteiger partial charge in [-0.3, -0.25) is 5.41 Å². The summed E-state index contributed by atoms with van der Waals surface area (Å²) in [6.07, 6.45) is 0.0918. The Balaban J connectivity index is 1.95. The number of nitrogens with one attached hydrogen (secondary N) is 4. The van der Waals surface area contributed by atoms with Gasteiger partial charge in [0, 0.05) is 35.6 Å². The van der Waals surface area contributed by atoms with Crippen molar-refractivity contribution in [2.24, 2.45) is 0 Å². The molecule has 0 aliphatic carbocycles. The highest BCUT2D eigenvalue weighted by Crippen LogP contribution is 2.27. The molecule has 3 aromatic rings. The first-order chi connectivity index (χ1) is 14.4. The molecule has 0 spiro atoms. The van der Waals surface area contributed by atoms with Gasteiger partial charge < -0.3 is 19.3 Å². The number of thioether (sulfide) groups is 1. The van der Waals surface area contributed by atoms with Gasteiger partial charge in [0.1, 0.15) is 11.3 Å². The predicted octanol–water partition coefficient (Wildman–Crippen LogP) is 4.68. The Morgan fingerprint density at radius 2 is 2.13 bits per heavy atom. The van der Waals surface area contributed by atoms with Crippen LogP contribution in [0.2, 0.25) is 0 Å². The largest absolute Gasteiger partial charge is 0.434 e. The van der Waals surface area contributed by atoms with Gasteiger partial charge in [-0.2, -0.15) is 0 Å². The first kappa shape index (κ1) is 21.9. The maximum Gasteiger partial charge on any atom is 0.340 e. The third-order valence-electron chi connectivity index (χ3n) is 4.34. The van der Waals surface area contributed by atoms with Crippen molar-refractivity contribution in [3.8, 4) is 5.75 Å². The van der Waals surface area contributed by atoms with Crippen molar-refractivity contribution in [2.75, 3.05) is 11.8 Å². The van der Waals surface area contributed by atoms with Gasteiger partial charge in [-0.25, -0.2) is 13.9 Å². The van der Waals surface area contributed by atoms with Crippen LogP contribution in [0, 0.1) is 23.6 Å². The molecule has 7 nitrogen and oxygen atoms in total. The molecule has 0 saturated carbocycles. The fraction of sp³-hybridized carbons (Fsp3) is 0.150. The van der Waals surface area contributed by atoms with Crippen LogP contribution in [-0.4, -0.2) is 17.8 Å². The van der Waals surface area contributed by atoms with E-state index in [1.807, 2.05) is 0 Å². The van der Waals surface area contributed by atoms with Crippen LogP contribution in [0.1, 0.15) is 16.7 Å². The smallest absolute Gasteiger partial charge is 0.340 e. The molecule has 0 amide bonds. The van der Waals surface area contributed by atoms with Crippen molar-refractivity contribution in [3.05, 3.63) is 69.3 Å². The molecule has 0 atom stereocenters. The lowest BCUT2D eigenvalue weighted by atomic mass is 9.99. The maximum atomic E-state index is 14.8. The van der Waals surface area contributed by atoms with E-state index in [1.165, 1.54) is 6.07 Å². The molecule has 3 rings (SSSR count). The summed E-state index contributed by atoms with van der Waals surface area (Å²) in [5.41, 5.74) is 2.52. The van der Waals surface area contributed by atoms with Crippen molar-refractivity contribution in [1.29, 1.82) is 10.8 Å². The highest BCUT2D eigenvalue weighted by Gasteiger charge is 2.16. The van der Waals surface area contributed by atoms with Crippen LogP contribution in [-0.2, 0) is 6.42 Å². The Morgan fingerprint density at radius 3 is 2.87 bits per heavy atom. The number of benzene rings is 2. The van der Waals surface area contributed by atoms with E-state index < -0.39 is 11.4 Å². The minimum absolute atomic E-state index is 0.0918. The Hall–Kier alpha value is -2.82. The number of aryl methyl sites for hydroxylation is 1. The van der Waals surface area contributed by atoms with Crippen LogP contribution in [0.4, 0.5) is 10.1 Å². The zero-order valence-electron chi connectivity index (χ0n) is 16.2. The first-order valence-corrected chi connectivity index (χ1v) is 10.5. The molecule has 0 radical (unpaired) electrons. The number of anilines is 1. The second-order valence-corrected chi connectivity index (χ2v) is 7.80. The Morgan fingerprint density at radius 1 is 1.33 bits per heavy atom. The number of fused-ring (bicyclic) bond motifs is 1. The third kappa shape index (κ3) is 4.84. The van der Waals surface area contributed by atoms with E-state index in [9.17, 15) is 9.18 Å². The molecule has 1 heterocycles. The molecule has 30 heavy (non-hydrogen) atoms. The van der Waals surface area contributed by atoms with Crippen molar-refractivity contribution >= 4 is 51.3 Å². The van der Waals surface area contributed by atoms with E-state index in [0.29, 0.717) is 39.1 Å². The topological polar surface area (TPSA) is 111 Å². The minimum Gasteiger partial charge on any atom is -0.434 e. The fourth-order valence-corrected chi connectivity index (χ4v) is 3.54. The van der Waals surface area contributed by atoms with Crippen LogP contribution in [0.15, 0.2) is 45.6 Å². The van der Waals surface area contributed by atoms with Gasteiger partial charge in [0.2, 0.25) is 0 Å². The van der Waals surface area contributed by atoms with Crippen molar-refractivity contribution in [1.82, 2.24) is 4.72 Å². The van der Waals surface area contributed by atoms with E-state index in [2.05, 4.69) is 9.44 Å². The van der Waals surface area contributed by atoms with Crippen LogP contribution in [0.25, 0.3) is 11.0 Å². The Labute approximate surface area is 180 Å². The molecule has 2 aromatic carbocycles. The van der Waals surface area contributed by atoms with Gasteiger partial charge in [-0.1, -0.05) is 12.1 Å². The lowest BCUT2D eigenvalue weighted by Gasteiger charge is -2.12. The number of halogens is 1. The van der Waals surface area contributed by atoms with E-state index in [4.69, 9.17) is 20.0 Å². The van der Waals surface area contributed by atoms with E-state index in [-0.39, 0.29) is 11.7 Å². The summed E-state index contributed by atoms with van der Waals surface area (Å²) in [7, 11) is 1.72. The summed E-state index contributed by atoms with van der Waals surface area (Å²) in [6.45, 7) is 1.79. The molecule has 156 valence electrons. The molecule has 0 fully saturated rings. The van der Waals surface area contributed by atoms with Gasteiger partial charge in [0.05, 0.1) is 11.2 Å². The van der Waals surface area contributed by atoms with E-state index in [0.717, 1.165) is 29.4 Å². The van der Waals surface area contributed by atoms with Crippen LogP contribution >= 0.6 is 23.9 Å². The number of hydrogen-bond acceptors (Lipinski definition) is 9. The van der Waals surface area contributed by atoms with Gasteiger partial charge in [0.25, 0.3) is 5.23 Å².